The topological polar surface area (TPSA) is 41.1 Å². The second kappa shape index (κ2) is 4.30. The van der Waals surface area contributed by atoms with Crippen LogP contribution in [0.4, 0.5) is 5.82 Å². The summed E-state index contributed by atoms with van der Waals surface area (Å²) in [6, 6.07) is 1.35. The minimum absolute atomic E-state index is 0.634. The molecule has 2 aliphatic rings. The van der Waals surface area contributed by atoms with E-state index in [1.807, 2.05) is 6.20 Å². The van der Waals surface area contributed by atoms with Gasteiger partial charge in [0.05, 0.1) is 4.47 Å². The molecule has 3 rings (SSSR count). The number of nitrogens with one attached hydrogen (secondary N) is 1. The fraction of sp³-hybridized carbons (Fsp3) is 0.636. The predicted octanol–water partition coefficient (Wildman–Crippen LogP) is 1.57. The SMILES string of the molecule is Brc1cncnc1N1CCC2CCC(C1)N2. The molecule has 86 valence electrons. The number of aromatic nitrogens is 2. The first-order chi connectivity index (χ1) is 7.83. The highest BCUT2D eigenvalue weighted by atomic mass is 79.9. The Morgan fingerprint density at radius 1 is 1.31 bits per heavy atom. The number of hydrogen-bond acceptors (Lipinski definition) is 4. The molecule has 16 heavy (non-hydrogen) atoms. The van der Waals surface area contributed by atoms with Crippen LogP contribution in [0.2, 0.25) is 0 Å². The number of halogens is 1. The van der Waals surface area contributed by atoms with E-state index in [0.29, 0.717) is 6.04 Å². The van der Waals surface area contributed by atoms with Crippen LogP contribution in [-0.2, 0) is 0 Å². The Morgan fingerprint density at radius 2 is 2.19 bits per heavy atom. The van der Waals surface area contributed by atoms with E-state index in [9.17, 15) is 0 Å². The number of anilines is 1. The molecule has 5 heteroatoms. The molecule has 3 heterocycles. The third-order valence-electron chi connectivity index (χ3n) is 3.47. The van der Waals surface area contributed by atoms with Crippen LogP contribution in [0.25, 0.3) is 0 Å². The first-order valence-electron chi connectivity index (χ1n) is 5.79. The van der Waals surface area contributed by atoms with E-state index in [-0.39, 0.29) is 0 Å². The summed E-state index contributed by atoms with van der Waals surface area (Å²) in [5, 5.41) is 3.67. The van der Waals surface area contributed by atoms with Crippen molar-refractivity contribution in [2.45, 2.75) is 31.3 Å². The van der Waals surface area contributed by atoms with Crippen LogP contribution < -0.4 is 10.2 Å². The molecule has 2 bridgehead atoms. The van der Waals surface area contributed by atoms with Gasteiger partial charge in [-0.15, -0.1) is 0 Å². The monoisotopic (exact) mass is 282 g/mol. The lowest BCUT2D eigenvalue weighted by Gasteiger charge is -2.25. The van der Waals surface area contributed by atoms with E-state index in [1.54, 1.807) is 6.33 Å². The van der Waals surface area contributed by atoms with Crippen LogP contribution in [0.3, 0.4) is 0 Å². The standard InChI is InChI=1S/C11H15BrN4/c12-10-5-13-7-14-11(10)16-4-3-8-1-2-9(6-16)15-8/h5,7-9,15H,1-4,6H2. The summed E-state index contributed by atoms with van der Waals surface area (Å²) in [5.41, 5.74) is 0. The largest absolute Gasteiger partial charge is 0.354 e. The highest BCUT2D eigenvalue weighted by molar-refractivity contribution is 9.10. The molecular formula is C11H15BrN4. The Balaban J connectivity index is 1.82. The van der Waals surface area contributed by atoms with Crippen molar-refractivity contribution in [1.82, 2.24) is 15.3 Å². The highest BCUT2D eigenvalue weighted by Crippen LogP contribution is 2.27. The number of rotatable bonds is 1. The summed E-state index contributed by atoms with van der Waals surface area (Å²) in [5.74, 6) is 1.03. The quantitative estimate of drug-likeness (QED) is 0.849. The minimum atomic E-state index is 0.634. The van der Waals surface area contributed by atoms with Gasteiger partial charge in [-0.1, -0.05) is 0 Å². The lowest BCUT2D eigenvalue weighted by Crippen LogP contribution is -2.35. The normalized spacial score (nSPS) is 29.2. The van der Waals surface area contributed by atoms with E-state index in [0.717, 1.165) is 29.4 Å². The third kappa shape index (κ3) is 1.94. The fourth-order valence-corrected chi connectivity index (χ4v) is 3.15. The molecule has 1 N–H and O–H groups in total. The van der Waals surface area contributed by atoms with Gasteiger partial charge in [0.15, 0.2) is 0 Å². The lowest BCUT2D eigenvalue weighted by atomic mass is 10.1. The van der Waals surface area contributed by atoms with Crippen LogP contribution in [-0.4, -0.2) is 35.1 Å². The van der Waals surface area contributed by atoms with Crippen molar-refractivity contribution >= 4 is 21.7 Å². The van der Waals surface area contributed by atoms with E-state index in [1.165, 1.54) is 19.3 Å². The Labute approximate surface area is 104 Å². The van der Waals surface area contributed by atoms with E-state index in [4.69, 9.17) is 0 Å². The summed E-state index contributed by atoms with van der Waals surface area (Å²) >= 11 is 3.52. The van der Waals surface area contributed by atoms with Gasteiger partial charge < -0.3 is 10.2 Å². The van der Waals surface area contributed by atoms with E-state index in [2.05, 4.69) is 36.1 Å². The molecule has 0 radical (unpaired) electrons. The second-order valence-electron chi connectivity index (χ2n) is 4.57. The predicted molar refractivity (Wildman–Crippen MR) is 66.5 cm³/mol. The van der Waals surface area contributed by atoms with Gasteiger partial charge in [0.25, 0.3) is 0 Å². The van der Waals surface area contributed by atoms with Crippen LogP contribution in [0.5, 0.6) is 0 Å². The summed E-state index contributed by atoms with van der Waals surface area (Å²) in [4.78, 5) is 10.7. The number of hydrogen-bond donors (Lipinski definition) is 1. The Hall–Kier alpha value is -0.680. The lowest BCUT2D eigenvalue weighted by molar-refractivity contribution is 0.563. The highest BCUT2D eigenvalue weighted by Gasteiger charge is 2.30. The van der Waals surface area contributed by atoms with Gasteiger partial charge in [-0.3, -0.25) is 0 Å². The van der Waals surface area contributed by atoms with Crippen LogP contribution in [0.15, 0.2) is 17.0 Å². The molecule has 2 atom stereocenters. The molecule has 0 aliphatic carbocycles. The van der Waals surface area contributed by atoms with Crippen LogP contribution in [0, 0.1) is 0 Å². The van der Waals surface area contributed by atoms with Crippen LogP contribution >= 0.6 is 15.9 Å². The van der Waals surface area contributed by atoms with Gasteiger partial charge >= 0.3 is 0 Å². The summed E-state index contributed by atoms with van der Waals surface area (Å²) in [7, 11) is 0. The zero-order chi connectivity index (χ0) is 11.0. The van der Waals surface area contributed by atoms with E-state index < -0.39 is 0 Å². The van der Waals surface area contributed by atoms with Gasteiger partial charge in [0.1, 0.15) is 12.1 Å². The molecule has 4 nitrogen and oxygen atoms in total. The first-order valence-corrected chi connectivity index (χ1v) is 6.59. The van der Waals surface area contributed by atoms with Gasteiger partial charge in [-0.25, -0.2) is 9.97 Å². The molecule has 0 aromatic carbocycles. The van der Waals surface area contributed by atoms with Crippen molar-refractivity contribution < 1.29 is 0 Å². The average Bonchev–Trinajstić information content (AvgIpc) is 2.60. The maximum absolute atomic E-state index is 4.37. The summed E-state index contributed by atoms with van der Waals surface area (Å²) < 4.78 is 0.993. The molecule has 2 fully saturated rings. The van der Waals surface area contributed by atoms with Gasteiger partial charge in [0, 0.05) is 31.4 Å². The first kappa shape index (κ1) is 10.5. The van der Waals surface area contributed by atoms with Gasteiger partial charge in [-0.05, 0) is 35.2 Å². The summed E-state index contributed by atoms with van der Waals surface area (Å²) in [6.45, 7) is 2.15. The van der Waals surface area contributed by atoms with Crippen molar-refractivity contribution in [3.63, 3.8) is 0 Å². The zero-order valence-corrected chi connectivity index (χ0v) is 10.7. The summed E-state index contributed by atoms with van der Waals surface area (Å²) in [6.07, 6.45) is 7.29. The van der Waals surface area contributed by atoms with Crippen molar-refractivity contribution in [2.75, 3.05) is 18.0 Å². The molecule has 1 aromatic rings. The molecule has 2 unspecified atom stereocenters. The minimum Gasteiger partial charge on any atom is -0.354 e. The molecule has 1 aromatic heterocycles. The van der Waals surface area contributed by atoms with Gasteiger partial charge in [-0.2, -0.15) is 0 Å². The van der Waals surface area contributed by atoms with Crippen molar-refractivity contribution in [1.29, 1.82) is 0 Å². The number of nitrogens with zero attached hydrogens (tertiary/aromatic N) is 3. The van der Waals surface area contributed by atoms with Crippen molar-refractivity contribution in [3.8, 4) is 0 Å². The van der Waals surface area contributed by atoms with Crippen molar-refractivity contribution in [3.05, 3.63) is 17.0 Å². The Morgan fingerprint density at radius 3 is 3.06 bits per heavy atom. The molecule has 0 saturated carbocycles. The average molecular weight is 283 g/mol. The zero-order valence-electron chi connectivity index (χ0n) is 9.06. The third-order valence-corrected chi connectivity index (χ3v) is 4.03. The fourth-order valence-electron chi connectivity index (χ4n) is 2.67. The molecule has 2 aliphatic heterocycles. The van der Waals surface area contributed by atoms with E-state index >= 15 is 0 Å². The Bertz CT molecular complexity index is 384. The molecule has 2 saturated heterocycles. The number of fused-ring (bicyclic) bond motifs is 2. The molecule has 0 spiro atoms. The maximum Gasteiger partial charge on any atom is 0.146 e. The maximum atomic E-state index is 4.37. The van der Waals surface area contributed by atoms with Crippen molar-refractivity contribution in [2.24, 2.45) is 0 Å². The van der Waals surface area contributed by atoms with Gasteiger partial charge in [0.2, 0.25) is 0 Å². The Kier molecular flexibility index (Phi) is 2.81. The smallest absolute Gasteiger partial charge is 0.146 e. The second-order valence-corrected chi connectivity index (χ2v) is 5.42. The molecule has 0 amide bonds. The van der Waals surface area contributed by atoms with Crippen LogP contribution in [0.1, 0.15) is 19.3 Å². The molecular weight excluding hydrogens is 268 g/mol.